The van der Waals surface area contributed by atoms with E-state index >= 15 is 0 Å². The standard InChI is InChI=1S/2C29H43N3O4/c2*1-18(2)15-23(33)22-10-9-20(16-31-22)21-17-30-19(3)24(26(27(34)35)36-28(4,5)6)25(21)32-13-11-29(7,8)12-14-32/h2*9-10,16-18,23,26,33H,11-15H2,1-8H3,(H,34,35)/t23-,26+;23-,26-/m10/s1. The molecule has 72 heavy (non-hydrogen) atoms. The van der Waals surface area contributed by atoms with Crippen LogP contribution in [0.4, 0.5) is 11.4 Å². The minimum atomic E-state index is -1.15. The lowest BCUT2D eigenvalue weighted by molar-refractivity contribution is -0.161. The summed E-state index contributed by atoms with van der Waals surface area (Å²) in [7, 11) is 0. The van der Waals surface area contributed by atoms with E-state index in [1.54, 1.807) is 12.4 Å². The molecule has 6 rings (SSSR count). The Morgan fingerprint density at radius 3 is 1.14 bits per heavy atom. The number of piperidine rings is 2. The number of aryl methyl sites for hydroxylation is 2. The van der Waals surface area contributed by atoms with Crippen LogP contribution in [0.2, 0.25) is 0 Å². The summed E-state index contributed by atoms with van der Waals surface area (Å²) in [5.74, 6) is -1.35. The number of aliphatic carboxylic acids is 2. The van der Waals surface area contributed by atoms with Gasteiger partial charge in [0.05, 0.1) is 46.2 Å². The van der Waals surface area contributed by atoms with Crippen molar-refractivity contribution in [1.29, 1.82) is 0 Å². The fourth-order valence-electron chi connectivity index (χ4n) is 9.45. The Labute approximate surface area is 430 Å². The number of carboxylic acid groups (broad SMARTS) is 2. The average molecular weight is 995 g/mol. The number of aliphatic hydroxyl groups excluding tert-OH is 2. The highest BCUT2D eigenvalue weighted by Gasteiger charge is 2.38. The van der Waals surface area contributed by atoms with Gasteiger partial charge in [-0.1, -0.05) is 67.5 Å². The zero-order valence-electron chi connectivity index (χ0n) is 46.3. The van der Waals surface area contributed by atoms with Crippen LogP contribution in [0, 0.1) is 36.5 Å². The third kappa shape index (κ3) is 15.5. The number of nitrogens with zero attached hydrogens (tertiary/aromatic N) is 6. The predicted molar refractivity (Wildman–Crippen MR) is 286 cm³/mol. The summed E-state index contributed by atoms with van der Waals surface area (Å²) in [6, 6.07) is 7.59. The van der Waals surface area contributed by atoms with E-state index in [9.17, 15) is 30.0 Å². The first-order valence-corrected chi connectivity index (χ1v) is 26.0. The molecule has 4 aromatic rings. The number of aliphatic hydroxyl groups is 2. The van der Waals surface area contributed by atoms with Crippen molar-refractivity contribution in [3.63, 3.8) is 0 Å². The average Bonchev–Trinajstić information content (AvgIpc) is 3.27. The predicted octanol–water partition coefficient (Wildman–Crippen LogP) is 12.2. The molecule has 4 atom stereocenters. The summed E-state index contributed by atoms with van der Waals surface area (Å²) in [4.78, 5) is 48.0. The van der Waals surface area contributed by atoms with Crippen LogP contribution in [-0.2, 0) is 19.1 Å². The van der Waals surface area contributed by atoms with Crippen LogP contribution in [0.15, 0.2) is 49.1 Å². The molecule has 2 fully saturated rings. The van der Waals surface area contributed by atoms with E-state index < -0.39 is 47.6 Å². The monoisotopic (exact) mass is 995 g/mol. The van der Waals surface area contributed by atoms with Gasteiger partial charge in [-0.25, -0.2) is 9.59 Å². The summed E-state index contributed by atoms with van der Waals surface area (Å²) in [5.41, 5.74) is 7.97. The molecule has 0 amide bonds. The lowest BCUT2D eigenvalue weighted by atomic mass is 9.82. The zero-order valence-corrected chi connectivity index (χ0v) is 46.3. The summed E-state index contributed by atoms with van der Waals surface area (Å²) in [6.07, 6.45) is 8.89. The number of carbonyl (C=O) groups is 2. The molecular weight excluding hydrogens is 909 g/mol. The van der Waals surface area contributed by atoms with Gasteiger partial charge in [-0.2, -0.15) is 0 Å². The van der Waals surface area contributed by atoms with E-state index in [1.807, 2.05) is 92.0 Å². The normalized spacial score (nSPS) is 17.8. The molecular formula is C58H86N6O8. The molecule has 6 heterocycles. The number of ether oxygens (including phenoxy) is 2. The van der Waals surface area contributed by atoms with E-state index in [0.29, 0.717) is 58.6 Å². The van der Waals surface area contributed by atoms with Crippen LogP contribution in [0.25, 0.3) is 22.3 Å². The van der Waals surface area contributed by atoms with Crippen LogP contribution in [0.3, 0.4) is 0 Å². The van der Waals surface area contributed by atoms with E-state index in [-0.39, 0.29) is 10.8 Å². The van der Waals surface area contributed by atoms with Gasteiger partial charge in [0.15, 0.2) is 12.2 Å². The highest BCUT2D eigenvalue weighted by Crippen LogP contribution is 2.45. The number of rotatable bonds is 16. The van der Waals surface area contributed by atoms with Crippen LogP contribution < -0.4 is 9.80 Å². The van der Waals surface area contributed by atoms with Crippen molar-refractivity contribution in [3.8, 4) is 22.3 Å². The number of pyridine rings is 4. The minimum absolute atomic E-state index is 0.239. The lowest BCUT2D eigenvalue weighted by Gasteiger charge is -2.41. The molecule has 0 radical (unpaired) electrons. The Morgan fingerprint density at radius 1 is 0.569 bits per heavy atom. The maximum atomic E-state index is 12.5. The molecule has 0 spiro atoms. The van der Waals surface area contributed by atoms with E-state index in [4.69, 9.17) is 9.47 Å². The topological polar surface area (TPSA) is 192 Å². The molecule has 14 heteroatoms. The van der Waals surface area contributed by atoms with Gasteiger partial charge >= 0.3 is 11.9 Å². The van der Waals surface area contributed by atoms with Gasteiger partial charge in [0.25, 0.3) is 0 Å². The van der Waals surface area contributed by atoms with Crippen LogP contribution in [0.1, 0.15) is 194 Å². The molecule has 396 valence electrons. The largest absolute Gasteiger partial charge is 0.479 e. The van der Waals surface area contributed by atoms with Crippen molar-refractivity contribution in [2.45, 2.75) is 185 Å². The van der Waals surface area contributed by atoms with Gasteiger partial charge in [-0.05, 0) is 129 Å². The Morgan fingerprint density at radius 2 is 0.889 bits per heavy atom. The SMILES string of the molecule is Cc1ncc(-c2ccc([C@@H](O)CC(C)C)nc2)c(N2CCC(C)(C)CC2)c1[C@H](OC(C)(C)C)C(=O)O.Cc1ncc(-c2ccc([C@H](O)CC(C)C)nc2)c(N2CCC(C)(C)CC2)c1[C@H](OC(C)(C)C)C(=O)O. The summed E-state index contributed by atoms with van der Waals surface area (Å²) in [5, 5.41) is 41.5. The fraction of sp³-hybridized carbons (Fsp3) is 0.621. The summed E-state index contributed by atoms with van der Waals surface area (Å²) >= 11 is 0. The number of aromatic nitrogens is 4. The van der Waals surface area contributed by atoms with Gasteiger partial charge in [-0.3, -0.25) is 19.9 Å². The molecule has 0 unspecified atom stereocenters. The highest BCUT2D eigenvalue weighted by molar-refractivity contribution is 5.87. The summed E-state index contributed by atoms with van der Waals surface area (Å²) in [6.45, 7) is 35.5. The lowest BCUT2D eigenvalue weighted by Crippen LogP contribution is -2.39. The number of anilines is 2. The van der Waals surface area contributed by atoms with Crippen molar-refractivity contribution >= 4 is 23.3 Å². The van der Waals surface area contributed by atoms with Gasteiger partial charge in [-0.15, -0.1) is 0 Å². The molecule has 4 aromatic heterocycles. The van der Waals surface area contributed by atoms with Gasteiger partial charge in [0, 0.05) is 95.7 Å². The van der Waals surface area contributed by atoms with E-state index in [0.717, 1.165) is 85.5 Å². The Kier molecular flexibility index (Phi) is 18.9. The Bertz CT molecular complexity index is 2270. The van der Waals surface area contributed by atoms with Crippen molar-refractivity contribution in [3.05, 3.63) is 83.0 Å². The summed E-state index contributed by atoms with van der Waals surface area (Å²) < 4.78 is 12.2. The second kappa shape index (κ2) is 23.5. The van der Waals surface area contributed by atoms with Crippen molar-refractivity contribution in [2.24, 2.45) is 22.7 Å². The van der Waals surface area contributed by atoms with Gasteiger partial charge < -0.3 is 39.7 Å². The van der Waals surface area contributed by atoms with Crippen LogP contribution in [0.5, 0.6) is 0 Å². The minimum Gasteiger partial charge on any atom is -0.479 e. The van der Waals surface area contributed by atoms with Crippen molar-refractivity contribution < 1.29 is 39.5 Å². The van der Waals surface area contributed by atoms with E-state index in [2.05, 4.69) is 85.1 Å². The molecule has 2 saturated heterocycles. The zero-order chi connectivity index (χ0) is 53.7. The molecule has 14 nitrogen and oxygen atoms in total. The molecule has 0 aromatic carbocycles. The van der Waals surface area contributed by atoms with Gasteiger partial charge in [0.1, 0.15) is 0 Å². The number of hydrogen-bond acceptors (Lipinski definition) is 12. The first-order valence-electron chi connectivity index (χ1n) is 26.0. The van der Waals surface area contributed by atoms with Crippen LogP contribution in [-0.4, -0.2) is 89.7 Å². The third-order valence-corrected chi connectivity index (χ3v) is 13.6. The maximum Gasteiger partial charge on any atom is 0.337 e. The Hall–Kier alpha value is -5.02. The molecule has 0 aliphatic carbocycles. The first-order chi connectivity index (χ1) is 33.4. The van der Waals surface area contributed by atoms with Gasteiger partial charge in [0.2, 0.25) is 0 Å². The van der Waals surface area contributed by atoms with Crippen LogP contribution >= 0.6 is 0 Å². The molecule has 2 aliphatic rings. The Balaban J connectivity index is 0.000000267. The second-order valence-electron chi connectivity index (χ2n) is 24.5. The molecule has 4 N–H and O–H groups in total. The molecule has 0 saturated carbocycles. The third-order valence-electron chi connectivity index (χ3n) is 13.6. The first kappa shape index (κ1) is 57.9. The number of hydrogen-bond donors (Lipinski definition) is 4. The van der Waals surface area contributed by atoms with E-state index in [1.165, 1.54) is 0 Å². The molecule has 2 aliphatic heterocycles. The quantitative estimate of drug-likeness (QED) is 0.0829. The van der Waals surface area contributed by atoms with Crippen molar-refractivity contribution in [1.82, 2.24) is 19.9 Å². The smallest absolute Gasteiger partial charge is 0.337 e. The highest BCUT2D eigenvalue weighted by atomic mass is 16.5. The second-order valence-corrected chi connectivity index (χ2v) is 24.5. The maximum absolute atomic E-state index is 12.5. The van der Waals surface area contributed by atoms with Crippen molar-refractivity contribution in [2.75, 3.05) is 36.0 Å². The number of carboxylic acids is 2. The molecule has 0 bridgehead atoms. The fourth-order valence-corrected chi connectivity index (χ4v) is 9.45.